The van der Waals surface area contributed by atoms with Crippen LogP contribution >= 0.6 is 0 Å². The van der Waals surface area contributed by atoms with Gasteiger partial charge < -0.3 is 0 Å². The first-order chi connectivity index (χ1) is 8.65. The number of sulfonamides is 2. The Labute approximate surface area is 111 Å². The zero-order valence-electron chi connectivity index (χ0n) is 10.3. The van der Waals surface area contributed by atoms with E-state index in [0.717, 1.165) is 18.2 Å². The summed E-state index contributed by atoms with van der Waals surface area (Å²) in [5, 5.41) is 4.94. The predicted octanol–water partition coefficient (Wildman–Crippen LogP) is 1.01. The second kappa shape index (κ2) is 5.85. The van der Waals surface area contributed by atoms with Gasteiger partial charge in [0.05, 0.1) is 11.4 Å². The molecule has 1 aromatic carbocycles. The van der Waals surface area contributed by atoms with Gasteiger partial charge in [0, 0.05) is 0 Å². The van der Waals surface area contributed by atoms with Gasteiger partial charge in [-0.05, 0) is 24.6 Å². The van der Waals surface area contributed by atoms with Crippen LogP contribution in [-0.4, -0.2) is 22.6 Å². The summed E-state index contributed by atoms with van der Waals surface area (Å²) in [5.41, 5.74) is -0.376. The quantitative estimate of drug-likeness (QED) is 0.818. The maximum atomic E-state index is 13.1. The lowest BCUT2D eigenvalue weighted by atomic mass is 10.3. The summed E-state index contributed by atoms with van der Waals surface area (Å²) in [4.78, 5) is -0.464. The molecule has 0 spiro atoms. The van der Waals surface area contributed by atoms with Crippen LogP contribution in [0.3, 0.4) is 0 Å². The van der Waals surface area contributed by atoms with E-state index in [4.69, 9.17) is 5.14 Å². The molecule has 0 aliphatic heterocycles. The van der Waals surface area contributed by atoms with E-state index in [-0.39, 0.29) is 11.4 Å². The molecule has 6 nitrogen and oxygen atoms in total. The topological polar surface area (TPSA) is 106 Å². The highest BCUT2D eigenvalue weighted by Crippen LogP contribution is 2.22. The Morgan fingerprint density at radius 1 is 1.26 bits per heavy atom. The molecular weight excluding hydrogens is 295 g/mol. The standard InChI is InChI=1S/C10H15FN2O4S2/c1-2-3-6-18(14,15)13-9-7-8(11)4-5-10(9)19(12,16)17/h4-5,7,13H,2-3,6H2,1H3,(H2,12,16,17). The van der Waals surface area contributed by atoms with Crippen LogP contribution in [0.2, 0.25) is 0 Å². The van der Waals surface area contributed by atoms with Crippen molar-refractivity contribution in [3.63, 3.8) is 0 Å². The van der Waals surface area contributed by atoms with Crippen molar-refractivity contribution in [3.8, 4) is 0 Å². The number of hydrogen-bond donors (Lipinski definition) is 2. The summed E-state index contributed by atoms with van der Waals surface area (Å²) in [5.74, 6) is -0.940. The summed E-state index contributed by atoms with van der Waals surface area (Å²) >= 11 is 0. The number of nitrogens with two attached hydrogens (primary N) is 1. The molecule has 0 unspecified atom stereocenters. The van der Waals surface area contributed by atoms with Gasteiger partial charge in [0.25, 0.3) is 0 Å². The Balaban J connectivity index is 3.17. The first kappa shape index (κ1) is 15.9. The summed E-state index contributed by atoms with van der Waals surface area (Å²) in [7, 11) is -7.87. The van der Waals surface area contributed by atoms with Crippen molar-refractivity contribution < 1.29 is 21.2 Å². The molecule has 0 saturated carbocycles. The Hall–Kier alpha value is -1.19. The zero-order valence-corrected chi connectivity index (χ0v) is 11.9. The second-order valence-corrected chi connectivity index (χ2v) is 7.33. The van der Waals surface area contributed by atoms with Gasteiger partial charge in [0.2, 0.25) is 20.0 Å². The second-order valence-electron chi connectivity index (χ2n) is 3.96. The van der Waals surface area contributed by atoms with Gasteiger partial charge in [-0.1, -0.05) is 13.3 Å². The lowest BCUT2D eigenvalue weighted by molar-refractivity contribution is 0.596. The van der Waals surface area contributed by atoms with Gasteiger partial charge in [0.1, 0.15) is 10.7 Å². The lowest BCUT2D eigenvalue weighted by Crippen LogP contribution is -2.20. The van der Waals surface area contributed by atoms with Crippen molar-refractivity contribution in [2.45, 2.75) is 24.7 Å². The van der Waals surface area contributed by atoms with Gasteiger partial charge in [0.15, 0.2) is 0 Å². The molecule has 19 heavy (non-hydrogen) atoms. The summed E-state index contributed by atoms with van der Waals surface area (Å²) in [6, 6.07) is 2.59. The molecule has 0 atom stereocenters. The van der Waals surface area contributed by atoms with Crippen LogP contribution in [0.5, 0.6) is 0 Å². The largest absolute Gasteiger partial charge is 0.282 e. The number of benzene rings is 1. The Kier molecular flexibility index (Phi) is 4.88. The number of primary sulfonamides is 1. The van der Waals surface area contributed by atoms with Crippen molar-refractivity contribution >= 4 is 25.7 Å². The minimum atomic E-state index is -4.14. The lowest BCUT2D eigenvalue weighted by Gasteiger charge is -2.11. The zero-order chi connectivity index (χ0) is 14.7. The van der Waals surface area contributed by atoms with Crippen molar-refractivity contribution in [1.29, 1.82) is 0 Å². The predicted molar refractivity (Wildman–Crippen MR) is 70.1 cm³/mol. The van der Waals surface area contributed by atoms with E-state index < -0.39 is 30.8 Å². The molecule has 0 amide bonds. The van der Waals surface area contributed by atoms with Crippen molar-refractivity contribution in [2.24, 2.45) is 5.14 Å². The van der Waals surface area contributed by atoms with E-state index in [2.05, 4.69) is 0 Å². The third-order valence-electron chi connectivity index (χ3n) is 2.28. The third kappa shape index (κ3) is 4.77. The van der Waals surface area contributed by atoms with Gasteiger partial charge >= 0.3 is 0 Å². The molecule has 1 aromatic rings. The summed E-state index contributed by atoms with van der Waals surface area (Å²) < 4.78 is 61.1. The Bertz CT molecular complexity index is 656. The van der Waals surface area contributed by atoms with E-state index in [1.807, 2.05) is 11.6 Å². The van der Waals surface area contributed by atoms with Gasteiger partial charge in [-0.3, -0.25) is 4.72 Å². The molecule has 108 valence electrons. The van der Waals surface area contributed by atoms with Crippen molar-refractivity contribution in [1.82, 2.24) is 0 Å². The number of unbranched alkanes of at least 4 members (excludes halogenated alkanes) is 1. The van der Waals surface area contributed by atoms with Crippen molar-refractivity contribution in [3.05, 3.63) is 24.0 Å². The molecule has 0 aliphatic rings. The first-order valence-corrected chi connectivity index (χ1v) is 8.68. The van der Waals surface area contributed by atoms with E-state index in [0.29, 0.717) is 12.8 Å². The summed E-state index contributed by atoms with van der Waals surface area (Å²) in [6.07, 6.45) is 1.07. The van der Waals surface area contributed by atoms with Crippen LogP contribution in [0.25, 0.3) is 0 Å². The fraction of sp³-hybridized carbons (Fsp3) is 0.400. The normalized spacial score (nSPS) is 12.4. The van der Waals surface area contributed by atoms with E-state index in [1.165, 1.54) is 0 Å². The highest BCUT2D eigenvalue weighted by atomic mass is 32.2. The molecule has 0 heterocycles. The summed E-state index contributed by atoms with van der Waals surface area (Å²) in [6.45, 7) is 1.81. The third-order valence-corrected chi connectivity index (χ3v) is 4.61. The molecule has 0 aliphatic carbocycles. The van der Waals surface area contributed by atoms with Crippen LogP contribution in [0.1, 0.15) is 19.8 Å². The highest BCUT2D eigenvalue weighted by molar-refractivity contribution is 7.93. The molecule has 0 aromatic heterocycles. The molecule has 9 heteroatoms. The number of anilines is 1. The van der Waals surface area contributed by atoms with Gasteiger partial charge in [-0.2, -0.15) is 0 Å². The fourth-order valence-corrected chi connectivity index (χ4v) is 3.40. The molecule has 0 saturated heterocycles. The van der Waals surface area contributed by atoms with Crippen LogP contribution in [-0.2, 0) is 20.0 Å². The fourth-order valence-electron chi connectivity index (χ4n) is 1.38. The average molecular weight is 310 g/mol. The SMILES string of the molecule is CCCCS(=O)(=O)Nc1cc(F)ccc1S(N)(=O)=O. The maximum absolute atomic E-state index is 13.1. The molecule has 3 N–H and O–H groups in total. The minimum absolute atomic E-state index is 0.177. The first-order valence-electron chi connectivity index (χ1n) is 5.48. The van der Waals surface area contributed by atoms with Crippen LogP contribution in [0, 0.1) is 5.82 Å². The van der Waals surface area contributed by atoms with E-state index in [9.17, 15) is 21.2 Å². The number of hydrogen-bond acceptors (Lipinski definition) is 4. The number of halogens is 1. The number of rotatable bonds is 6. The van der Waals surface area contributed by atoms with Crippen molar-refractivity contribution in [2.75, 3.05) is 10.5 Å². The van der Waals surface area contributed by atoms with Crippen LogP contribution < -0.4 is 9.86 Å². The molecule has 0 radical (unpaired) electrons. The molecule has 0 fully saturated rings. The molecular formula is C10H15FN2O4S2. The highest BCUT2D eigenvalue weighted by Gasteiger charge is 2.19. The van der Waals surface area contributed by atoms with E-state index in [1.54, 1.807) is 0 Å². The number of nitrogens with one attached hydrogen (secondary N) is 1. The Morgan fingerprint density at radius 3 is 2.42 bits per heavy atom. The molecule has 1 rings (SSSR count). The maximum Gasteiger partial charge on any atom is 0.240 e. The van der Waals surface area contributed by atoms with Gasteiger partial charge in [-0.25, -0.2) is 26.4 Å². The smallest absolute Gasteiger partial charge is 0.240 e. The van der Waals surface area contributed by atoms with E-state index >= 15 is 0 Å². The minimum Gasteiger partial charge on any atom is -0.282 e. The van der Waals surface area contributed by atoms with Gasteiger partial charge in [-0.15, -0.1) is 0 Å². The monoisotopic (exact) mass is 310 g/mol. The Morgan fingerprint density at radius 2 is 1.89 bits per heavy atom. The van der Waals surface area contributed by atoms with Crippen LogP contribution in [0.15, 0.2) is 23.1 Å². The van der Waals surface area contributed by atoms with Crippen LogP contribution in [0.4, 0.5) is 10.1 Å². The molecule has 0 bridgehead atoms. The average Bonchev–Trinajstić information content (AvgIpc) is 2.24.